The van der Waals surface area contributed by atoms with Gasteiger partial charge in [-0.05, 0) is 98.7 Å². The third-order valence-corrected chi connectivity index (χ3v) is 12.9. The molecular weight excluding hydrogens is 781 g/mol. The van der Waals surface area contributed by atoms with Crippen LogP contribution >= 0.6 is 0 Å². The summed E-state index contributed by atoms with van der Waals surface area (Å²) in [6.45, 7) is 9.83. The highest BCUT2D eigenvalue weighted by molar-refractivity contribution is 6.07. The zero-order valence-electron chi connectivity index (χ0n) is 35.8. The predicted molar refractivity (Wildman–Crippen MR) is 228 cm³/mol. The summed E-state index contributed by atoms with van der Waals surface area (Å²) in [5.74, 6) is 1.43. The van der Waals surface area contributed by atoms with Crippen LogP contribution in [-0.2, 0) is 25.7 Å². The highest BCUT2D eigenvalue weighted by atomic mass is 16.5. The first-order valence-electron chi connectivity index (χ1n) is 21.0. The number of carbonyl (C=O) groups excluding carboxylic acids is 3. The minimum atomic E-state index is -1.13. The van der Waals surface area contributed by atoms with Crippen LogP contribution in [-0.4, -0.2) is 115 Å². The van der Waals surface area contributed by atoms with Crippen LogP contribution in [0.1, 0.15) is 89.6 Å². The van der Waals surface area contributed by atoms with E-state index in [0.29, 0.717) is 24.7 Å². The van der Waals surface area contributed by atoms with E-state index in [1.165, 1.54) is 21.3 Å². The average molecular weight is 835 g/mol. The monoisotopic (exact) mass is 834 g/mol. The molecule has 16 nitrogen and oxygen atoms in total. The van der Waals surface area contributed by atoms with E-state index < -0.39 is 30.4 Å². The largest absolute Gasteiger partial charge is 0.488 e. The standard InChI is InChI=1S/C45H54N8O8/c1-22(2)39(51(6)45(57)58)43(55)53-24(4)9-15-34(53)40-46-20-33(48-40)27-11-13-29-28(17-27)21-61-36-19-30-26(18-31(29)36)12-14-32-38(30)49-41(47-32)35-16-10-23(3)52(35)42(54)37(25(5)59-7)50-44(56)60-8/h11-14,17-20,22-25,34-35,37,39H,9-10,15-16,21H2,1-8H3,(H,46,48)(H,47,49)(H,50,56)(H,57,58)/t23-,24-,25?,34-,35-,37-,39-/m0/s1. The molecule has 0 saturated carbocycles. The molecule has 7 atom stereocenters. The number of nitrogens with one attached hydrogen (secondary N) is 3. The lowest BCUT2D eigenvalue weighted by atomic mass is 9.92. The van der Waals surface area contributed by atoms with Crippen LogP contribution in [0.4, 0.5) is 9.59 Å². The first-order chi connectivity index (χ1) is 29.2. The van der Waals surface area contributed by atoms with Crippen molar-refractivity contribution in [2.75, 3.05) is 21.3 Å². The quantitative estimate of drug-likeness (QED) is 0.112. The number of hydrogen-bond donors (Lipinski definition) is 4. The average Bonchev–Trinajstić information content (AvgIpc) is 4.07. The van der Waals surface area contributed by atoms with Gasteiger partial charge in [-0.2, -0.15) is 0 Å². The number of ether oxygens (including phenoxy) is 3. The van der Waals surface area contributed by atoms with Crippen LogP contribution in [0.2, 0.25) is 0 Å². The highest BCUT2D eigenvalue weighted by Gasteiger charge is 2.44. The number of fused-ring (bicyclic) bond motifs is 6. The number of likely N-dealkylation sites (tertiary alicyclic amines) is 2. The molecule has 0 bridgehead atoms. The second-order valence-electron chi connectivity index (χ2n) is 17.0. The lowest BCUT2D eigenvalue weighted by molar-refractivity contribution is -0.141. The third-order valence-electron chi connectivity index (χ3n) is 12.9. The van der Waals surface area contributed by atoms with Crippen molar-refractivity contribution in [3.05, 3.63) is 65.9 Å². The van der Waals surface area contributed by atoms with Gasteiger partial charge in [0.15, 0.2) is 0 Å². The number of nitrogens with zero attached hydrogens (tertiary/aromatic N) is 5. The van der Waals surface area contributed by atoms with Gasteiger partial charge in [-0.1, -0.05) is 32.0 Å². The van der Waals surface area contributed by atoms with Crippen molar-refractivity contribution in [1.82, 2.24) is 40.0 Å². The summed E-state index contributed by atoms with van der Waals surface area (Å²) in [6.07, 6.45) is 2.36. The molecule has 0 spiro atoms. The molecule has 0 radical (unpaired) electrons. The van der Waals surface area contributed by atoms with Gasteiger partial charge in [0.05, 0.1) is 48.2 Å². The molecule has 4 amide bonds. The number of carboxylic acid groups (broad SMARTS) is 1. The summed E-state index contributed by atoms with van der Waals surface area (Å²) in [5, 5.41) is 14.3. The fourth-order valence-electron chi connectivity index (χ4n) is 9.57. The Hall–Kier alpha value is -6.16. The molecule has 16 heteroatoms. The van der Waals surface area contributed by atoms with Crippen LogP contribution in [0.5, 0.6) is 5.75 Å². The highest BCUT2D eigenvalue weighted by Crippen LogP contribution is 2.44. The van der Waals surface area contributed by atoms with Crippen LogP contribution in [0.25, 0.3) is 44.2 Å². The number of carbonyl (C=O) groups is 4. The molecule has 4 N–H and O–H groups in total. The van der Waals surface area contributed by atoms with Crippen LogP contribution in [0.3, 0.4) is 0 Å². The maximum Gasteiger partial charge on any atom is 0.407 e. The van der Waals surface area contributed by atoms with Gasteiger partial charge in [-0.25, -0.2) is 19.6 Å². The van der Waals surface area contributed by atoms with E-state index in [1.807, 2.05) is 38.7 Å². The van der Waals surface area contributed by atoms with E-state index in [-0.39, 0.29) is 41.9 Å². The number of likely N-dealkylation sites (N-methyl/N-ethyl adjacent to an activating group) is 1. The molecule has 61 heavy (non-hydrogen) atoms. The number of aromatic amines is 2. The smallest absolute Gasteiger partial charge is 0.407 e. The van der Waals surface area contributed by atoms with Crippen molar-refractivity contribution < 1.29 is 38.5 Å². The Labute approximate surface area is 353 Å². The van der Waals surface area contributed by atoms with E-state index in [2.05, 4.69) is 51.7 Å². The fourth-order valence-corrected chi connectivity index (χ4v) is 9.57. The fraction of sp³-hybridized carbons (Fsp3) is 0.467. The van der Waals surface area contributed by atoms with E-state index >= 15 is 0 Å². The minimum Gasteiger partial charge on any atom is -0.488 e. The van der Waals surface area contributed by atoms with E-state index in [0.717, 1.165) is 79.7 Å². The molecule has 3 aromatic carbocycles. The van der Waals surface area contributed by atoms with Crippen molar-refractivity contribution in [3.8, 4) is 28.1 Å². The Morgan fingerprint density at radius 1 is 0.902 bits per heavy atom. The molecule has 1 unspecified atom stereocenters. The summed E-state index contributed by atoms with van der Waals surface area (Å²) in [6, 6.07) is 12.0. The van der Waals surface area contributed by atoms with Gasteiger partial charge < -0.3 is 44.4 Å². The van der Waals surface area contributed by atoms with Crippen molar-refractivity contribution in [3.63, 3.8) is 0 Å². The molecule has 8 rings (SSSR count). The Morgan fingerprint density at radius 2 is 1.61 bits per heavy atom. The van der Waals surface area contributed by atoms with E-state index in [1.54, 1.807) is 18.0 Å². The second kappa shape index (κ2) is 16.4. The number of H-pyrrole nitrogens is 2. The summed E-state index contributed by atoms with van der Waals surface area (Å²) >= 11 is 0. The van der Waals surface area contributed by atoms with Gasteiger partial charge in [0.2, 0.25) is 11.8 Å². The summed E-state index contributed by atoms with van der Waals surface area (Å²) < 4.78 is 16.7. The first kappa shape index (κ1) is 41.6. The van der Waals surface area contributed by atoms with Crippen molar-refractivity contribution in [2.24, 2.45) is 5.92 Å². The lowest BCUT2D eigenvalue weighted by Crippen LogP contribution is -2.55. The van der Waals surface area contributed by atoms with Crippen LogP contribution < -0.4 is 10.1 Å². The molecule has 2 fully saturated rings. The number of imidazole rings is 2. The zero-order chi connectivity index (χ0) is 43.4. The maximum atomic E-state index is 14.0. The summed E-state index contributed by atoms with van der Waals surface area (Å²) in [7, 11) is 4.21. The number of alkyl carbamates (subject to hydrolysis) is 1. The van der Waals surface area contributed by atoms with Crippen molar-refractivity contribution in [1.29, 1.82) is 0 Å². The van der Waals surface area contributed by atoms with Crippen molar-refractivity contribution in [2.45, 2.75) is 109 Å². The van der Waals surface area contributed by atoms with Crippen molar-refractivity contribution >= 4 is 45.8 Å². The molecule has 3 aliphatic heterocycles. The maximum absolute atomic E-state index is 14.0. The molecule has 2 aromatic heterocycles. The summed E-state index contributed by atoms with van der Waals surface area (Å²) in [4.78, 5) is 73.5. The molecule has 322 valence electrons. The molecule has 2 saturated heterocycles. The van der Waals surface area contributed by atoms with Crippen LogP contribution in [0, 0.1) is 5.92 Å². The Bertz CT molecular complexity index is 2510. The second-order valence-corrected chi connectivity index (χ2v) is 17.0. The normalized spacial score (nSPS) is 21.2. The Kier molecular flexibility index (Phi) is 11.2. The number of methoxy groups -OCH3 is 2. The minimum absolute atomic E-state index is 0.0587. The van der Waals surface area contributed by atoms with Crippen LogP contribution in [0.15, 0.2) is 48.7 Å². The van der Waals surface area contributed by atoms with Gasteiger partial charge in [0, 0.05) is 37.2 Å². The van der Waals surface area contributed by atoms with Gasteiger partial charge >= 0.3 is 12.2 Å². The third kappa shape index (κ3) is 7.40. The topological polar surface area (TPSA) is 195 Å². The van der Waals surface area contributed by atoms with Gasteiger partial charge in [-0.15, -0.1) is 0 Å². The number of hydrogen-bond acceptors (Lipinski definition) is 9. The Morgan fingerprint density at radius 3 is 2.28 bits per heavy atom. The molecule has 3 aliphatic rings. The number of aromatic nitrogens is 4. The molecule has 0 aliphatic carbocycles. The van der Waals surface area contributed by atoms with Gasteiger partial charge in [0.1, 0.15) is 36.1 Å². The number of benzene rings is 3. The molecule has 5 aromatic rings. The van der Waals surface area contributed by atoms with Gasteiger partial charge in [0.25, 0.3) is 0 Å². The predicted octanol–water partition coefficient (Wildman–Crippen LogP) is 7.16. The first-order valence-corrected chi connectivity index (χ1v) is 21.0. The van der Waals surface area contributed by atoms with E-state index in [9.17, 15) is 24.3 Å². The molecule has 5 heterocycles. The lowest BCUT2D eigenvalue weighted by Gasteiger charge is -2.36. The number of rotatable bonds is 10. The number of amides is 4. The summed E-state index contributed by atoms with van der Waals surface area (Å²) in [5.41, 5.74) is 6.44. The Balaban J connectivity index is 1.05. The SMILES string of the molecule is COC(=O)N[C@H](C(=O)N1[C@@H](C)CC[C@H]1c1nc2ccc3cc4c(cc3c2[nH]1)OCc1cc(-c2cnc([C@@H]3CC[C@H](C)N3C(=O)[C@H](C(C)C)N(C)C(=O)O)[nH]2)ccc1-4)C(C)OC. The van der Waals surface area contributed by atoms with Gasteiger partial charge in [-0.3, -0.25) is 14.5 Å². The van der Waals surface area contributed by atoms with E-state index in [4.69, 9.17) is 24.2 Å². The zero-order valence-corrected chi connectivity index (χ0v) is 35.8. The molecular formula is C45H54N8O8.